The molecule has 2 aromatic rings. The number of allylic oxidation sites excluding steroid dienone is 1. The molecule has 5 heteroatoms. The van der Waals surface area contributed by atoms with E-state index in [1.54, 1.807) is 0 Å². The number of carbonyl (C=O) groups excluding carboxylic acids is 1. The normalized spacial score (nSPS) is 24.1. The molecule has 158 valence electrons. The molecule has 1 atom stereocenters. The molecular formula is C25H28O5. The van der Waals surface area contributed by atoms with Crippen LogP contribution in [0, 0.1) is 0 Å². The lowest BCUT2D eigenvalue weighted by Crippen LogP contribution is -2.46. The van der Waals surface area contributed by atoms with Crippen LogP contribution in [0.2, 0.25) is 0 Å². The lowest BCUT2D eigenvalue weighted by Gasteiger charge is -2.42. The highest BCUT2D eigenvalue weighted by Gasteiger charge is 2.42. The summed E-state index contributed by atoms with van der Waals surface area (Å²) in [4.78, 5) is 23.5. The highest BCUT2D eigenvalue weighted by Crippen LogP contribution is 2.40. The van der Waals surface area contributed by atoms with E-state index in [0.29, 0.717) is 31.6 Å². The Morgan fingerprint density at radius 1 is 1.17 bits per heavy atom. The monoisotopic (exact) mass is 408 g/mol. The first-order valence-corrected chi connectivity index (χ1v) is 10.5. The maximum absolute atomic E-state index is 12.0. The van der Waals surface area contributed by atoms with E-state index >= 15 is 0 Å². The Hall–Kier alpha value is -2.47. The Balaban J connectivity index is 1.37. The summed E-state index contributed by atoms with van der Waals surface area (Å²) in [6.07, 6.45) is 2.40. The third-order valence-corrected chi connectivity index (χ3v) is 6.05. The van der Waals surface area contributed by atoms with E-state index in [1.807, 2.05) is 32.0 Å². The van der Waals surface area contributed by atoms with Crippen molar-refractivity contribution in [3.05, 3.63) is 65.8 Å². The summed E-state index contributed by atoms with van der Waals surface area (Å²) >= 11 is 0. The fraction of sp³-hybridized carbons (Fsp3) is 0.400. The highest BCUT2D eigenvalue weighted by molar-refractivity contribution is 5.88. The second kappa shape index (κ2) is 8.72. The molecule has 1 aliphatic carbocycles. The number of rotatable bonds is 4. The molecule has 0 radical (unpaired) electrons. The molecule has 4 rings (SSSR count). The number of hydrogen-bond donors (Lipinski definition) is 0. The summed E-state index contributed by atoms with van der Waals surface area (Å²) in [7, 11) is 0. The van der Waals surface area contributed by atoms with Gasteiger partial charge in [0.2, 0.25) is 5.79 Å². The highest BCUT2D eigenvalue weighted by atomic mass is 17.2. The molecule has 1 aliphatic heterocycles. The average Bonchev–Trinajstić information content (AvgIpc) is 2.79. The maximum atomic E-state index is 12.0. The average molecular weight is 408 g/mol. The van der Waals surface area contributed by atoms with Gasteiger partial charge in [0, 0.05) is 18.4 Å². The first-order chi connectivity index (χ1) is 14.5. The Labute approximate surface area is 177 Å². The number of fused-ring (bicyclic) bond motifs is 1. The van der Waals surface area contributed by atoms with Crippen molar-refractivity contribution in [2.75, 3.05) is 13.2 Å². The van der Waals surface area contributed by atoms with Crippen molar-refractivity contribution in [2.24, 2.45) is 0 Å². The molecular weight excluding hydrogens is 380 g/mol. The van der Waals surface area contributed by atoms with Gasteiger partial charge in [0.25, 0.3) is 0 Å². The minimum absolute atomic E-state index is 0.239. The third-order valence-electron chi connectivity index (χ3n) is 6.05. The summed E-state index contributed by atoms with van der Waals surface area (Å²) in [5.74, 6) is -0.990. The van der Waals surface area contributed by atoms with Crippen molar-refractivity contribution in [3.8, 4) is 0 Å². The second-order valence-electron chi connectivity index (χ2n) is 7.93. The fourth-order valence-electron chi connectivity index (χ4n) is 4.08. The maximum Gasteiger partial charge on any atom is 0.333 e. The van der Waals surface area contributed by atoms with Crippen LogP contribution in [-0.2, 0) is 24.0 Å². The molecule has 0 amide bonds. The molecule has 5 nitrogen and oxygen atoms in total. The lowest BCUT2D eigenvalue weighted by atomic mass is 9.87. The van der Waals surface area contributed by atoms with Gasteiger partial charge in [-0.25, -0.2) is 14.6 Å². The largest absolute Gasteiger partial charge is 0.463 e. The first kappa shape index (κ1) is 20.8. The smallest absolute Gasteiger partial charge is 0.333 e. The van der Waals surface area contributed by atoms with Crippen LogP contribution in [0.5, 0.6) is 0 Å². The van der Waals surface area contributed by atoms with Crippen LogP contribution in [0.15, 0.2) is 60.2 Å². The Kier molecular flexibility index (Phi) is 6.04. The van der Waals surface area contributed by atoms with E-state index < -0.39 is 5.79 Å². The fourth-order valence-corrected chi connectivity index (χ4v) is 4.08. The van der Waals surface area contributed by atoms with Crippen molar-refractivity contribution in [2.45, 2.75) is 51.4 Å². The van der Waals surface area contributed by atoms with Crippen LogP contribution in [-0.4, -0.2) is 31.1 Å². The van der Waals surface area contributed by atoms with E-state index in [9.17, 15) is 4.79 Å². The molecule has 0 bridgehead atoms. The number of hydrogen-bond acceptors (Lipinski definition) is 5. The minimum atomic E-state index is -0.751. The van der Waals surface area contributed by atoms with Crippen molar-refractivity contribution in [1.82, 2.24) is 0 Å². The summed E-state index contributed by atoms with van der Waals surface area (Å²) < 4.78 is 11.2. The van der Waals surface area contributed by atoms with E-state index in [2.05, 4.69) is 30.8 Å². The Morgan fingerprint density at radius 3 is 2.57 bits per heavy atom. The SMILES string of the molecule is C=C(c1ccc2ccccc2c1)C1COC2(CCC(=C(C)C(=O)OCC)CC2)OO1. The number of benzene rings is 2. The van der Waals surface area contributed by atoms with E-state index in [4.69, 9.17) is 19.2 Å². The minimum Gasteiger partial charge on any atom is -0.463 e. The van der Waals surface area contributed by atoms with Crippen LogP contribution < -0.4 is 0 Å². The number of esters is 1. The van der Waals surface area contributed by atoms with Crippen molar-refractivity contribution in [3.63, 3.8) is 0 Å². The Bertz CT molecular complexity index is 970. The third kappa shape index (κ3) is 4.19. The van der Waals surface area contributed by atoms with Gasteiger partial charge in [0.1, 0.15) is 6.10 Å². The van der Waals surface area contributed by atoms with Crippen LogP contribution in [0.1, 0.15) is 45.1 Å². The zero-order chi connectivity index (χ0) is 21.1. The molecule has 2 aromatic carbocycles. The second-order valence-corrected chi connectivity index (χ2v) is 7.93. The molecule has 2 fully saturated rings. The van der Waals surface area contributed by atoms with E-state index in [-0.39, 0.29) is 12.1 Å². The van der Waals surface area contributed by atoms with E-state index in [1.165, 1.54) is 5.39 Å². The zero-order valence-corrected chi connectivity index (χ0v) is 17.6. The molecule has 1 saturated heterocycles. The van der Waals surface area contributed by atoms with Gasteiger partial charge >= 0.3 is 5.97 Å². The van der Waals surface area contributed by atoms with Crippen LogP contribution in [0.25, 0.3) is 16.3 Å². The van der Waals surface area contributed by atoms with Crippen LogP contribution in [0.3, 0.4) is 0 Å². The molecule has 30 heavy (non-hydrogen) atoms. The summed E-state index contributed by atoms with van der Waals surface area (Å²) in [5, 5.41) is 2.35. The van der Waals surface area contributed by atoms with Gasteiger partial charge in [-0.2, -0.15) is 0 Å². The molecule has 0 aromatic heterocycles. The predicted octanol–water partition coefficient (Wildman–Crippen LogP) is 5.35. The zero-order valence-electron chi connectivity index (χ0n) is 17.6. The van der Waals surface area contributed by atoms with Gasteiger partial charge in [0.05, 0.1) is 13.2 Å². The van der Waals surface area contributed by atoms with Gasteiger partial charge in [0.15, 0.2) is 0 Å². The summed E-state index contributed by atoms with van der Waals surface area (Å²) in [6, 6.07) is 14.5. The number of carbonyl (C=O) groups is 1. The van der Waals surface area contributed by atoms with Gasteiger partial charge < -0.3 is 9.47 Å². The quantitative estimate of drug-likeness (QED) is 0.388. The summed E-state index contributed by atoms with van der Waals surface area (Å²) in [5.41, 5.74) is 3.66. The Morgan fingerprint density at radius 2 is 1.90 bits per heavy atom. The van der Waals surface area contributed by atoms with Crippen molar-refractivity contribution in [1.29, 1.82) is 0 Å². The predicted molar refractivity (Wildman–Crippen MR) is 115 cm³/mol. The molecule has 1 saturated carbocycles. The van der Waals surface area contributed by atoms with Crippen LogP contribution >= 0.6 is 0 Å². The molecule has 1 spiro atoms. The van der Waals surface area contributed by atoms with Gasteiger partial charge in [-0.15, -0.1) is 0 Å². The van der Waals surface area contributed by atoms with Crippen LogP contribution in [0.4, 0.5) is 0 Å². The first-order valence-electron chi connectivity index (χ1n) is 10.5. The van der Waals surface area contributed by atoms with E-state index in [0.717, 1.165) is 34.9 Å². The molecule has 1 heterocycles. The lowest BCUT2D eigenvalue weighted by molar-refractivity contribution is -0.482. The van der Waals surface area contributed by atoms with Gasteiger partial charge in [-0.3, -0.25) is 0 Å². The molecule has 1 unspecified atom stereocenters. The topological polar surface area (TPSA) is 54.0 Å². The van der Waals surface area contributed by atoms with Gasteiger partial charge in [-0.05, 0) is 54.7 Å². The van der Waals surface area contributed by atoms with Crippen molar-refractivity contribution >= 4 is 22.3 Å². The summed E-state index contributed by atoms with van der Waals surface area (Å²) in [6.45, 7) is 8.63. The molecule has 2 aliphatic rings. The standard InChI is InChI=1S/C25H28O5/c1-4-27-24(26)18(3)19-11-13-25(14-12-19)28-16-23(29-30-25)17(2)21-10-9-20-7-5-6-8-22(20)15-21/h5-10,15,23H,2,4,11-14,16H2,1,3H3. The molecule has 0 N–H and O–H groups in total. The van der Waals surface area contributed by atoms with Gasteiger partial charge in [-0.1, -0.05) is 48.6 Å². The van der Waals surface area contributed by atoms with Crippen molar-refractivity contribution < 1.29 is 24.0 Å². The number of ether oxygens (including phenoxy) is 2.